The van der Waals surface area contributed by atoms with Crippen LogP contribution >= 0.6 is 0 Å². The number of anilines is 1. The fraction of sp³-hybridized carbons (Fsp3) is 0.500. The van der Waals surface area contributed by atoms with Gasteiger partial charge in [-0.2, -0.15) is 21.6 Å². The number of carbonyl (C=O) groups excluding carboxylic acids is 1. The summed E-state index contributed by atoms with van der Waals surface area (Å²) in [6.07, 6.45) is -2.20. The van der Waals surface area contributed by atoms with E-state index in [1.54, 1.807) is 11.8 Å². The molecule has 2 aliphatic rings. The monoisotopic (exact) mass is 564 g/mol. The second-order valence-corrected chi connectivity index (χ2v) is 10.5. The summed E-state index contributed by atoms with van der Waals surface area (Å²) in [6.45, 7) is 0.560. The predicted octanol–water partition coefficient (Wildman–Crippen LogP) is 2.51. The van der Waals surface area contributed by atoms with Crippen molar-refractivity contribution in [1.29, 1.82) is 0 Å². The van der Waals surface area contributed by atoms with E-state index in [1.165, 1.54) is 29.4 Å². The maximum absolute atomic E-state index is 14.2. The first-order valence-electron chi connectivity index (χ1n) is 11.3. The van der Waals surface area contributed by atoms with Crippen LogP contribution in [-0.4, -0.2) is 86.3 Å². The Labute approximate surface area is 215 Å². The van der Waals surface area contributed by atoms with Gasteiger partial charge in [-0.1, -0.05) is 0 Å². The molecule has 0 aliphatic carbocycles. The van der Waals surface area contributed by atoms with E-state index in [1.807, 2.05) is 0 Å². The molecule has 1 atom stereocenters. The topological polar surface area (TPSA) is 120 Å². The SMILES string of the molecule is C[C@@H]1CN(C(=O)OC2(C(F)(F)F)COC2)CCN1c1ncc(OCc2ccc(OS(C)(=O)=O)cc2F)cn1. The van der Waals surface area contributed by atoms with Gasteiger partial charge < -0.3 is 28.2 Å². The van der Waals surface area contributed by atoms with E-state index in [-0.39, 0.29) is 49.3 Å². The zero-order valence-corrected chi connectivity index (χ0v) is 21.1. The lowest BCUT2D eigenvalue weighted by Crippen LogP contribution is -2.65. The normalized spacial score (nSPS) is 19.5. The van der Waals surface area contributed by atoms with Gasteiger partial charge in [-0.15, -0.1) is 0 Å². The Balaban J connectivity index is 1.31. The number of hydrogen-bond acceptors (Lipinski definition) is 10. The number of nitrogens with zero attached hydrogens (tertiary/aromatic N) is 4. The highest BCUT2D eigenvalue weighted by Crippen LogP contribution is 2.40. The maximum atomic E-state index is 14.2. The van der Waals surface area contributed by atoms with Crippen LogP contribution in [0, 0.1) is 5.82 Å². The average molecular weight is 565 g/mol. The predicted molar refractivity (Wildman–Crippen MR) is 123 cm³/mol. The van der Waals surface area contributed by atoms with Crippen molar-refractivity contribution in [1.82, 2.24) is 14.9 Å². The summed E-state index contributed by atoms with van der Waals surface area (Å²) in [5.74, 6) is -0.342. The Morgan fingerprint density at radius 1 is 1.18 bits per heavy atom. The first kappa shape index (κ1) is 27.6. The molecule has 3 heterocycles. The Bertz CT molecular complexity index is 1270. The highest BCUT2D eigenvalue weighted by molar-refractivity contribution is 7.86. The molecule has 4 rings (SSSR count). The molecule has 0 bridgehead atoms. The third kappa shape index (κ3) is 6.18. The molecule has 1 aromatic heterocycles. The van der Waals surface area contributed by atoms with Crippen LogP contribution in [0.1, 0.15) is 12.5 Å². The first-order chi connectivity index (χ1) is 17.8. The molecule has 1 aromatic carbocycles. The second kappa shape index (κ2) is 10.4. The molecular weight excluding hydrogens is 540 g/mol. The summed E-state index contributed by atoms with van der Waals surface area (Å²) in [5.41, 5.74) is -2.47. The van der Waals surface area contributed by atoms with Gasteiger partial charge in [0.15, 0.2) is 5.75 Å². The van der Waals surface area contributed by atoms with E-state index >= 15 is 0 Å². The molecular formula is C22H24F4N4O7S. The number of aromatic nitrogens is 2. The number of carbonyl (C=O) groups is 1. The minimum Gasteiger partial charge on any atom is -0.486 e. The summed E-state index contributed by atoms with van der Waals surface area (Å²) in [7, 11) is -3.79. The third-order valence-electron chi connectivity index (χ3n) is 5.89. The number of benzene rings is 1. The summed E-state index contributed by atoms with van der Waals surface area (Å²) in [6, 6.07) is 3.22. The van der Waals surface area contributed by atoms with Crippen molar-refractivity contribution in [2.24, 2.45) is 0 Å². The van der Waals surface area contributed by atoms with E-state index in [2.05, 4.69) is 18.9 Å². The van der Waals surface area contributed by atoms with Gasteiger partial charge in [-0.3, -0.25) is 0 Å². The summed E-state index contributed by atoms with van der Waals surface area (Å²) < 4.78 is 95.9. The number of ether oxygens (including phenoxy) is 3. The second-order valence-electron chi connectivity index (χ2n) is 8.89. The minimum absolute atomic E-state index is 0.0908. The van der Waals surface area contributed by atoms with Crippen molar-refractivity contribution in [3.05, 3.63) is 42.0 Å². The van der Waals surface area contributed by atoms with Crippen LogP contribution in [0.2, 0.25) is 0 Å². The van der Waals surface area contributed by atoms with Crippen LogP contribution in [0.3, 0.4) is 0 Å². The molecule has 0 unspecified atom stereocenters. The number of hydrogen-bond donors (Lipinski definition) is 0. The van der Waals surface area contributed by atoms with E-state index in [0.29, 0.717) is 5.95 Å². The van der Waals surface area contributed by atoms with Crippen molar-refractivity contribution in [3.8, 4) is 11.5 Å². The summed E-state index contributed by atoms with van der Waals surface area (Å²) in [4.78, 5) is 23.8. The molecule has 2 saturated heterocycles. The van der Waals surface area contributed by atoms with Crippen LogP contribution < -0.4 is 13.8 Å². The number of alkyl halides is 3. The van der Waals surface area contributed by atoms with Crippen molar-refractivity contribution in [2.75, 3.05) is 44.0 Å². The van der Waals surface area contributed by atoms with Crippen molar-refractivity contribution in [2.45, 2.75) is 31.3 Å². The number of halogens is 4. The van der Waals surface area contributed by atoms with Crippen molar-refractivity contribution < 1.29 is 49.2 Å². The minimum atomic E-state index is -4.73. The lowest BCUT2D eigenvalue weighted by Gasteiger charge is -2.44. The number of piperazine rings is 1. The van der Waals surface area contributed by atoms with Gasteiger partial charge in [0.1, 0.15) is 18.2 Å². The fourth-order valence-corrected chi connectivity index (χ4v) is 4.24. The van der Waals surface area contributed by atoms with Gasteiger partial charge in [-0.25, -0.2) is 19.2 Å². The zero-order valence-electron chi connectivity index (χ0n) is 20.3. The standard InChI is InChI=1S/C22H24F4N4O7S/c1-14-10-29(20(31)36-21(12-34-13-21)22(24,25)26)5-6-30(14)19-27-8-17(9-28-19)35-11-15-3-4-16(7-18(15)23)37-38(2,32)33/h3-4,7-9,14H,5-6,10-13H2,1-2H3/t14-/m1/s1. The molecule has 16 heteroatoms. The maximum Gasteiger partial charge on any atom is 0.433 e. The molecule has 0 radical (unpaired) electrons. The van der Waals surface area contributed by atoms with E-state index in [4.69, 9.17) is 9.47 Å². The molecule has 2 fully saturated rings. The molecule has 1 amide bonds. The van der Waals surface area contributed by atoms with Crippen molar-refractivity contribution >= 4 is 22.2 Å². The van der Waals surface area contributed by atoms with E-state index < -0.39 is 47.0 Å². The molecule has 38 heavy (non-hydrogen) atoms. The van der Waals surface area contributed by atoms with Gasteiger partial charge in [0.2, 0.25) is 5.95 Å². The Morgan fingerprint density at radius 3 is 2.39 bits per heavy atom. The van der Waals surface area contributed by atoms with Crippen LogP contribution in [0.4, 0.5) is 28.3 Å². The highest BCUT2D eigenvalue weighted by atomic mass is 32.2. The molecule has 208 valence electrons. The quantitative estimate of drug-likeness (QED) is 0.367. The fourth-order valence-electron chi connectivity index (χ4n) is 3.79. The van der Waals surface area contributed by atoms with E-state index in [9.17, 15) is 30.8 Å². The average Bonchev–Trinajstić information content (AvgIpc) is 2.79. The van der Waals surface area contributed by atoms with Crippen LogP contribution in [0.15, 0.2) is 30.6 Å². The number of rotatable bonds is 7. The number of amides is 1. The first-order valence-corrected chi connectivity index (χ1v) is 13.1. The zero-order chi connectivity index (χ0) is 27.7. The van der Waals surface area contributed by atoms with Gasteiger partial charge in [0, 0.05) is 37.3 Å². The smallest absolute Gasteiger partial charge is 0.433 e. The summed E-state index contributed by atoms with van der Waals surface area (Å²) in [5, 5.41) is 0. The third-order valence-corrected chi connectivity index (χ3v) is 6.39. The highest BCUT2D eigenvalue weighted by Gasteiger charge is 2.64. The lowest BCUT2D eigenvalue weighted by molar-refractivity contribution is -0.333. The molecule has 11 nitrogen and oxygen atoms in total. The van der Waals surface area contributed by atoms with Gasteiger partial charge in [0.25, 0.3) is 5.60 Å². The Kier molecular flexibility index (Phi) is 7.56. The largest absolute Gasteiger partial charge is 0.486 e. The molecule has 0 spiro atoms. The van der Waals surface area contributed by atoms with Gasteiger partial charge in [-0.05, 0) is 19.1 Å². The summed E-state index contributed by atoms with van der Waals surface area (Å²) >= 11 is 0. The van der Waals surface area contributed by atoms with E-state index in [0.717, 1.165) is 12.3 Å². The molecule has 0 saturated carbocycles. The van der Waals surface area contributed by atoms with Crippen LogP contribution in [-0.2, 0) is 26.2 Å². The Morgan fingerprint density at radius 2 is 1.87 bits per heavy atom. The van der Waals surface area contributed by atoms with Gasteiger partial charge in [0.05, 0.1) is 31.9 Å². The lowest BCUT2D eigenvalue weighted by atomic mass is 10.0. The van der Waals surface area contributed by atoms with Crippen molar-refractivity contribution in [3.63, 3.8) is 0 Å². The van der Waals surface area contributed by atoms with Gasteiger partial charge >= 0.3 is 22.4 Å². The molecule has 2 aromatic rings. The Hall–Kier alpha value is -3.40. The molecule has 0 N–H and O–H groups in total. The van der Waals surface area contributed by atoms with Crippen LogP contribution in [0.5, 0.6) is 11.5 Å². The van der Waals surface area contributed by atoms with Crippen LogP contribution in [0.25, 0.3) is 0 Å². The molecule has 2 aliphatic heterocycles.